The highest BCUT2D eigenvalue weighted by Crippen LogP contribution is 2.39. The second-order valence-electron chi connectivity index (χ2n) is 8.44. The van der Waals surface area contributed by atoms with Crippen LogP contribution in [0.3, 0.4) is 0 Å². The Morgan fingerprint density at radius 3 is 2.27 bits per heavy atom. The molecule has 1 heterocycles. The summed E-state index contributed by atoms with van der Waals surface area (Å²) in [6, 6.07) is 7.82. The van der Waals surface area contributed by atoms with E-state index in [0.717, 1.165) is 78.3 Å². The molecule has 2 aromatic carbocycles. The smallest absolute Gasteiger partial charge is 0.339 e. The summed E-state index contributed by atoms with van der Waals surface area (Å²) in [6.45, 7) is 2.52. The van der Waals surface area contributed by atoms with Crippen LogP contribution in [-0.4, -0.2) is 21.3 Å². The van der Waals surface area contributed by atoms with Crippen LogP contribution < -0.4 is 24.6 Å². The lowest BCUT2D eigenvalue weighted by atomic mass is 10.00. The van der Waals surface area contributed by atoms with Gasteiger partial charge < -0.3 is 23.4 Å². The average molecular weight is 453 g/mol. The van der Waals surface area contributed by atoms with Gasteiger partial charge >= 0.3 is 5.63 Å². The fraction of sp³-hybridized carbons (Fsp3) is 0.444. The van der Waals surface area contributed by atoms with Crippen LogP contribution in [0.1, 0.15) is 54.9 Å². The number of ether oxygens (including phenoxy) is 4. The van der Waals surface area contributed by atoms with Crippen LogP contribution in [0.15, 0.2) is 33.5 Å². The summed E-state index contributed by atoms with van der Waals surface area (Å²) in [6.07, 6.45) is 7.05. The molecule has 6 heteroatoms. The maximum absolute atomic E-state index is 12.5. The van der Waals surface area contributed by atoms with E-state index in [1.54, 1.807) is 21.3 Å². The van der Waals surface area contributed by atoms with Gasteiger partial charge in [0.15, 0.2) is 11.5 Å². The van der Waals surface area contributed by atoms with Crippen LogP contribution in [-0.2, 0) is 25.9 Å². The van der Waals surface area contributed by atoms with Gasteiger partial charge in [0.25, 0.3) is 0 Å². The number of unbranched alkanes of at least 4 members (excludes halogenated alkanes) is 2. The van der Waals surface area contributed by atoms with E-state index in [1.807, 2.05) is 18.2 Å². The molecule has 1 aliphatic carbocycles. The molecule has 1 aromatic heterocycles. The maximum Gasteiger partial charge on any atom is 0.339 e. The van der Waals surface area contributed by atoms with Gasteiger partial charge in [0.1, 0.15) is 17.9 Å². The van der Waals surface area contributed by atoms with Gasteiger partial charge in [-0.15, -0.1) is 0 Å². The summed E-state index contributed by atoms with van der Waals surface area (Å²) in [5, 5.41) is 1.05. The number of fused-ring (bicyclic) bond motifs is 3. The van der Waals surface area contributed by atoms with E-state index in [2.05, 4.69) is 13.0 Å². The Morgan fingerprint density at radius 2 is 1.61 bits per heavy atom. The molecular weight excluding hydrogens is 420 g/mol. The van der Waals surface area contributed by atoms with Crippen LogP contribution in [0.5, 0.6) is 23.0 Å². The van der Waals surface area contributed by atoms with Gasteiger partial charge in [-0.05, 0) is 67.0 Å². The average Bonchev–Trinajstić information content (AvgIpc) is 3.33. The molecule has 176 valence electrons. The number of aryl methyl sites for hydroxylation is 2. The Morgan fingerprint density at radius 1 is 0.879 bits per heavy atom. The van der Waals surface area contributed by atoms with Gasteiger partial charge in [-0.2, -0.15) is 0 Å². The fourth-order valence-corrected chi connectivity index (χ4v) is 4.63. The van der Waals surface area contributed by atoms with Gasteiger partial charge in [-0.25, -0.2) is 4.79 Å². The van der Waals surface area contributed by atoms with Gasteiger partial charge in [0.05, 0.1) is 21.3 Å². The molecule has 0 bridgehead atoms. The van der Waals surface area contributed by atoms with Crippen molar-refractivity contribution in [2.45, 2.75) is 58.5 Å². The van der Waals surface area contributed by atoms with Crippen LogP contribution in [0.25, 0.3) is 11.0 Å². The molecule has 4 rings (SSSR count). The first-order valence-corrected chi connectivity index (χ1v) is 11.6. The van der Waals surface area contributed by atoms with E-state index in [1.165, 1.54) is 0 Å². The van der Waals surface area contributed by atoms with Gasteiger partial charge in [0, 0.05) is 17.0 Å². The maximum atomic E-state index is 12.5. The summed E-state index contributed by atoms with van der Waals surface area (Å²) >= 11 is 0. The second kappa shape index (κ2) is 10.2. The molecule has 0 radical (unpaired) electrons. The van der Waals surface area contributed by atoms with Crippen molar-refractivity contribution in [3.63, 3.8) is 0 Å². The molecule has 1 aliphatic rings. The zero-order valence-corrected chi connectivity index (χ0v) is 19.9. The van der Waals surface area contributed by atoms with E-state index in [0.29, 0.717) is 29.4 Å². The third kappa shape index (κ3) is 4.65. The van der Waals surface area contributed by atoms with E-state index >= 15 is 0 Å². The Balaban J connectivity index is 1.69. The van der Waals surface area contributed by atoms with Crippen LogP contribution >= 0.6 is 0 Å². The summed E-state index contributed by atoms with van der Waals surface area (Å²) in [5.74, 6) is 2.45. The zero-order chi connectivity index (χ0) is 23.4. The molecule has 33 heavy (non-hydrogen) atoms. The fourth-order valence-electron chi connectivity index (χ4n) is 4.63. The monoisotopic (exact) mass is 452 g/mol. The number of rotatable bonds is 10. The highest BCUT2D eigenvalue weighted by atomic mass is 16.5. The van der Waals surface area contributed by atoms with Crippen LogP contribution in [0.4, 0.5) is 0 Å². The minimum absolute atomic E-state index is 0.218. The van der Waals surface area contributed by atoms with Crippen LogP contribution in [0.2, 0.25) is 0 Å². The molecule has 0 aliphatic heterocycles. The number of hydrogen-bond acceptors (Lipinski definition) is 6. The molecule has 0 saturated heterocycles. The lowest BCUT2D eigenvalue weighted by Crippen LogP contribution is -2.08. The van der Waals surface area contributed by atoms with Gasteiger partial charge in [-0.1, -0.05) is 19.8 Å². The summed E-state index contributed by atoms with van der Waals surface area (Å²) in [4.78, 5) is 12.5. The molecule has 0 atom stereocenters. The van der Waals surface area contributed by atoms with Crippen molar-refractivity contribution in [3.05, 3.63) is 56.9 Å². The Bertz CT molecular complexity index is 1170. The predicted octanol–water partition coefficient (Wildman–Crippen LogP) is 5.62. The van der Waals surface area contributed by atoms with Crippen LogP contribution in [0, 0.1) is 0 Å². The molecule has 3 aromatic rings. The molecule has 0 N–H and O–H groups in total. The second-order valence-corrected chi connectivity index (χ2v) is 8.44. The Hall–Kier alpha value is -3.15. The van der Waals surface area contributed by atoms with Crippen molar-refractivity contribution in [2.75, 3.05) is 21.3 Å². The first-order valence-electron chi connectivity index (χ1n) is 11.6. The largest absolute Gasteiger partial charge is 0.493 e. The van der Waals surface area contributed by atoms with E-state index in [9.17, 15) is 4.79 Å². The van der Waals surface area contributed by atoms with Crippen molar-refractivity contribution in [1.82, 2.24) is 0 Å². The van der Waals surface area contributed by atoms with Crippen molar-refractivity contribution in [2.24, 2.45) is 0 Å². The standard InChI is InChI=1S/C27H32O6/c1-5-6-7-9-18-14-21-19-10-8-11-20(19)27(28)33-23(21)15-22(18)32-16-17-12-24(29-2)26(31-4)25(13-17)30-3/h12-15H,5-11,16H2,1-4H3. The number of methoxy groups -OCH3 is 3. The molecule has 0 amide bonds. The summed E-state index contributed by atoms with van der Waals surface area (Å²) < 4.78 is 28.3. The first-order chi connectivity index (χ1) is 16.1. The number of hydrogen-bond donors (Lipinski definition) is 0. The summed E-state index contributed by atoms with van der Waals surface area (Å²) in [7, 11) is 4.77. The van der Waals surface area contributed by atoms with E-state index in [-0.39, 0.29) is 5.63 Å². The third-order valence-electron chi connectivity index (χ3n) is 6.32. The number of benzene rings is 2. The van der Waals surface area contributed by atoms with E-state index in [4.69, 9.17) is 23.4 Å². The minimum Gasteiger partial charge on any atom is -0.493 e. The normalized spacial score (nSPS) is 12.6. The van der Waals surface area contributed by atoms with Crippen molar-refractivity contribution in [1.29, 1.82) is 0 Å². The molecule has 0 saturated carbocycles. The Kier molecular flexibility index (Phi) is 7.11. The zero-order valence-electron chi connectivity index (χ0n) is 19.9. The molecule has 0 spiro atoms. The van der Waals surface area contributed by atoms with E-state index < -0.39 is 0 Å². The highest BCUT2D eigenvalue weighted by Gasteiger charge is 2.21. The lowest BCUT2D eigenvalue weighted by molar-refractivity contribution is 0.295. The van der Waals surface area contributed by atoms with Gasteiger partial charge in [0.2, 0.25) is 5.75 Å². The SMILES string of the molecule is CCCCCc1cc2c3c(c(=O)oc2cc1OCc1cc(OC)c(OC)c(OC)c1)CCC3. The minimum atomic E-state index is -0.218. The van der Waals surface area contributed by atoms with Crippen molar-refractivity contribution in [3.8, 4) is 23.0 Å². The summed E-state index contributed by atoms with van der Waals surface area (Å²) in [5.41, 5.74) is 4.40. The van der Waals surface area contributed by atoms with Gasteiger partial charge in [-0.3, -0.25) is 0 Å². The highest BCUT2D eigenvalue weighted by molar-refractivity contribution is 5.84. The first kappa shape index (κ1) is 23.0. The van der Waals surface area contributed by atoms with Crippen molar-refractivity contribution >= 4 is 11.0 Å². The topological polar surface area (TPSA) is 67.1 Å². The molecule has 6 nitrogen and oxygen atoms in total. The van der Waals surface area contributed by atoms with Crippen molar-refractivity contribution < 1.29 is 23.4 Å². The molecule has 0 unspecified atom stereocenters. The predicted molar refractivity (Wildman–Crippen MR) is 128 cm³/mol. The quantitative estimate of drug-likeness (QED) is 0.294. The molecular formula is C27H32O6. The third-order valence-corrected chi connectivity index (χ3v) is 6.32. The Labute approximate surface area is 194 Å². The lowest BCUT2D eigenvalue weighted by Gasteiger charge is -2.16. The molecule has 0 fully saturated rings.